The summed E-state index contributed by atoms with van der Waals surface area (Å²) in [4.78, 5) is 26.8. The van der Waals surface area contributed by atoms with E-state index in [0.717, 1.165) is 28.9 Å². The highest BCUT2D eigenvalue weighted by molar-refractivity contribution is 5.87. The molecule has 5 heteroatoms. The largest absolute Gasteiger partial charge is 0.464 e. The molecule has 0 unspecified atom stereocenters. The minimum atomic E-state index is -0.0387. The first-order chi connectivity index (χ1) is 12.7. The van der Waals surface area contributed by atoms with Gasteiger partial charge < -0.3 is 14.6 Å². The molecule has 2 fully saturated rings. The number of rotatable bonds is 7. The Balaban J connectivity index is 1.26. The van der Waals surface area contributed by atoms with Crippen LogP contribution in [0.2, 0.25) is 0 Å². The predicted octanol–water partition coefficient (Wildman–Crippen LogP) is 2.99. The van der Waals surface area contributed by atoms with E-state index in [0.29, 0.717) is 32.0 Å². The summed E-state index contributed by atoms with van der Waals surface area (Å²) < 4.78 is 5.48. The molecule has 2 saturated carbocycles. The van der Waals surface area contributed by atoms with Crippen LogP contribution in [0, 0.1) is 17.8 Å². The summed E-state index contributed by atoms with van der Waals surface area (Å²) in [6, 6.07) is 7.72. The molecule has 0 spiro atoms. The number of nitrogens with one attached hydrogen (secondary N) is 1. The van der Waals surface area contributed by atoms with Gasteiger partial charge in [0.1, 0.15) is 5.58 Å². The molecular weight excluding hydrogens is 328 g/mol. The van der Waals surface area contributed by atoms with Crippen molar-refractivity contribution in [2.45, 2.75) is 32.6 Å². The first kappa shape index (κ1) is 17.1. The highest BCUT2D eigenvalue weighted by Gasteiger charge is 2.51. The molecule has 0 aliphatic heterocycles. The molecular formula is C21H26N2O3. The summed E-state index contributed by atoms with van der Waals surface area (Å²) in [6.07, 6.45) is 5.45. The van der Waals surface area contributed by atoms with Crippen LogP contribution in [0.25, 0.3) is 11.0 Å². The number of benzene rings is 1. The van der Waals surface area contributed by atoms with E-state index in [-0.39, 0.29) is 17.7 Å². The molecule has 4 rings (SSSR count). The Kier molecular flexibility index (Phi) is 4.70. The van der Waals surface area contributed by atoms with Gasteiger partial charge in [-0.15, -0.1) is 0 Å². The first-order valence-electron chi connectivity index (χ1n) is 9.68. The Morgan fingerprint density at radius 1 is 1.27 bits per heavy atom. The van der Waals surface area contributed by atoms with Gasteiger partial charge in [0.15, 0.2) is 0 Å². The number of hydrogen-bond donors (Lipinski definition) is 1. The van der Waals surface area contributed by atoms with Crippen molar-refractivity contribution < 1.29 is 14.0 Å². The van der Waals surface area contributed by atoms with Crippen LogP contribution in [0.15, 0.2) is 34.9 Å². The van der Waals surface area contributed by atoms with Crippen LogP contribution >= 0.6 is 0 Å². The molecule has 2 amide bonds. The summed E-state index contributed by atoms with van der Waals surface area (Å²) in [5.74, 6) is 1.93. The Morgan fingerprint density at radius 2 is 2.12 bits per heavy atom. The molecule has 2 aromatic rings. The SMILES string of the molecule is CCN(CCNC(=O)Cc1coc2ccccc12)C(=O)[C@@H]1CC[C@@H]2C[C@@H]21. The summed E-state index contributed by atoms with van der Waals surface area (Å²) in [6.45, 7) is 3.79. The second-order valence-electron chi connectivity index (χ2n) is 7.55. The van der Waals surface area contributed by atoms with Crippen LogP contribution in [0.4, 0.5) is 0 Å². The fraction of sp³-hybridized carbons (Fsp3) is 0.524. The molecule has 26 heavy (non-hydrogen) atoms. The minimum Gasteiger partial charge on any atom is -0.464 e. The second-order valence-corrected chi connectivity index (χ2v) is 7.55. The van der Waals surface area contributed by atoms with E-state index in [1.54, 1.807) is 6.26 Å². The number of furan rings is 1. The van der Waals surface area contributed by atoms with E-state index in [2.05, 4.69) is 5.32 Å². The van der Waals surface area contributed by atoms with Gasteiger partial charge in [0.2, 0.25) is 11.8 Å². The summed E-state index contributed by atoms with van der Waals surface area (Å²) >= 11 is 0. The Bertz CT molecular complexity index is 812. The van der Waals surface area contributed by atoms with Gasteiger partial charge in [-0.1, -0.05) is 18.2 Å². The van der Waals surface area contributed by atoms with E-state index in [4.69, 9.17) is 4.42 Å². The third-order valence-electron chi connectivity index (χ3n) is 5.97. The topological polar surface area (TPSA) is 62.6 Å². The van der Waals surface area contributed by atoms with Crippen molar-refractivity contribution in [3.63, 3.8) is 0 Å². The van der Waals surface area contributed by atoms with Crippen molar-refractivity contribution in [3.05, 3.63) is 36.1 Å². The molecule has 1 aromatic heterocycles. The third-order valence-corrected chi connectivity index (χ3v) is 5.97. The van der Waals surface area contributed by atoms with E-state index in [9.17, 15) is 9.59 Å². The lowest BCUT2D eigenvalue weighted by Gasteiger charge is -2.25. The Morgan fingerprint density at radius 3 is 2.85 bits per heavy atom. The number of hydrogen-bond acceptors (Lipinski definition) is 3. The molecule has 0 radical (unpaired) electrons. The van der Waals surface area contributed by atoms with Crippen LogP contribution in [-0.4, -0.2) is 36.3 Å². The lowest BCUT2D eigenvalue weighted by atomic mass is 10.0. The molecule has 2 aliphatic rings. The molecule has 3 atom stereocenters. The zero-order valence-corrected chi connectivity index (χ0v) is 15.2. The predicted molar refractivity (Wildman–Crippen MR) is 99.5 cm³/mol. The molecule has 2 aliphatic carbocycles. The number of nitrogens with zero attached hydrogens (tertiary/aromatic N) is 1. The highest BCUT2D eigenvalue weighted by Crippen LogP contribution is 2.55. The van der Waals surface area contributed by atoms with Gasteiger partial charge in [-0.2, -0.15) is 0 Å². The van der Waals surface area contributed by atoms with Crippen LogP contribution < -0.4 is 5.32 Å². The first-order valence-corrected chi connectivity index (χ1v) is 9.68. The summed E-state index contributed by atoms with van der Waals surface area (Å²) in [5, 5.41) is 3.92. The van der Waals surface area contributed by atoms with Gasteiger partial charge in [-0.05, 0) is 44.1 Å². The molecule has 138 valence electrons. The molecule has 5 nitrogen and oxygen atoms in total. The van der Waals surface area contributed by atoms with Crippen molar-refractivity contribution in [2.24, 2.45) is 17.8 Å². The number of fused-ring (bicyclic) bond motifs is 2. The van der Waals surface area contributed by atoms with Crippen molar-refractivity contribution in [3.8, 4) is 0 Å². The van der Waals surface area contributed by atoms with Gasteiger partial charge in [0.05, 0.1) is 12.7 Å². The molecule has 1 heterocycles. The average Bonchev–Trinajstić information content (AvgIpc) is 3.13. The lowest BCUT2D eigenvalue weighted by molar-refractivity contribution is -0.136. The van der Waals surface area contributed by atoms with Crippen LogP contribution in [-0.2, 0) is 16.0 Å². The standard InChI is InChI=1S/C21H26N2O3/c1-2-23(21(25)17-8-7-14-11-18(14)17)10-9-22-20(24)12-15-13-26-19-6-4-3-5-16(15)19/h3-6,13-14,17-18H,2,7-12H2,1H3,(H,22,24)/t14-,17-,18+/m1/s1. The minimum absolute atomic E-state index is 0.0387. The molecule has 1 aromatic carbocycles. The third kappa shape index (κ3) is 3.35. The highest BCUT2D eigenvalue weighted by atomic mass is 16.3. The van der Waals surface area contributed by atoms with Crippen LogP contribution in [0.1, 0.15) is 31.7 Å². The maximum absolute atomic E-state index is 12.7. The maximum atomic E-state index is 12.7. The molecule has 0 saturated heterocycles. The Labute approximate surface area is 153 Å². The second kappa shape index (κ2) is 7.14. The van der Waals surface area contributed by atoms with Gasteiger partial charge in [-0.3, -0.25) is 9.59 Å². The fourth-order valence-corrected chi connectivity index (χ4v) is 4.40. The van der Waals surface area contributed by atoms with Crippen LogP contribution in [0.5, 0.6) is 0 Å². The van der Waals surface area contributed by atoms with E-state index in [1.807, 2.05) is 36.1 Å². The van der Waals surface area contributed by atoms with Crippen LogP contribution in [0.3, 0.4) is 0 Å². The lowest BCUT2D eigenvalue weighted by Crippen LogP contribution is -2.41. The average molecular weight is 354 g/mol. The quantitative estimate of drug-likeness (QED) is 0.831. The van der Waals surface area contributed by atoms with E-state index in [1.165, 1.54) is 12.8 Å². The fourth-order valence-electron chi connectivity index (χ4n) is 4.40. The van der Waals surface area contributed by atoms with Gasteiger partial charge >= 0.3 is 0 Å². The number of para-hydroxylation sites is 1. The molecule has 1 N–H and O–H groups in total. The van der Waals surface area contributed by atoms with Crippen molar-refractivity contribution in [2.75, 3.05) is 19.6 Å². The van der Waals surface area contributed by atoms with Crippen molar-refractivity contribution >= 4 is 22.8 Å². The number of amides is 2. The zero-order chi connectivity index (χ0) is 18.1. The number of carbonyl (C=O) groups is 2. The van der Waals surface area contributed by atoms with Gasteiger partial charge in [0.25, 0.3) is 0 Å². The molecule has 0 bridgehead atoms. The van der Waals surface area contributed by atoms with Crippen molar-refractivity contribution in [1.29, 1.82) is 0 Å². The monoisotopic (exact) mass is 354 g/mol. The van der Waals surface area contributed by atoms with Gasteiger partial charge in [0, 0.05) is 36.5 Å². The summed E-state index contributed by atoms with van der Waals surface area (Å²) in [5.41, 5.74) is 1.69. The number of carbonyl (C=O) groups excluding carboxylic acids is 2. The summed E-state index contributed by atoms with van der Waals surface area (Å²) in [7, 11) is 0. The number of likely N-dealkylation sites (N-methyl/N-ethyl adjacent to an activating group) is 1. The maximum Gasteiger partial charge on any atom is 0.226 e. The van der Waals surface area contributed by atoms with Gasteiger partial charge in [-0.25, -0.2) is 0 Å². The van der Waals surface area contributed by atoms with Crippen molar-refractivity contribution in [1.82, 2.24) is 10.2 Å². The van der Waals surface area contributed by atoms with E-state index >= 15 is 0 Å². The van der Waals surface area contributed by atoms with E-state index < -0.39 is 0 Å². The normalized spacial score (nSPS) is 23.7. The Hall–Kier alpha value is -2.30. The smallest absolute Gasteiger partial charge is 0.226 e. The zero-order valence-electron chi connectivity index (χ0n) is 15.2.